The van der Waals surface area contributed by atoms with Crippen molar-refractivity contribution in [3.63, 3.8) is 0 Å². The zero-order valence-electron chi connectivity index (χ0n) is 33.4. The molecule has 1 N–H and O–H groups in total. The number of hydrogen-bond acceptors (Lipinski definition) is 5. The highest BCUT2D eigenvalue weighted by atomic mass is 16.6. The fourth-order valence-corrected chi connectivity index (χ4v) is 6.74. The zero-order valence-corrected chi connectivity index (χ0v) is 33.4. The molecule has 0 fully saturated rings. The van der Waals surface area contributed by atoms with Crippen LogP contribution in [-0.2, 0) is 19.1 Å². The predicted molar refractivity (Wildman–Crippen MR) is 210 cm³/mol. The highest BCUT2D eigenvalue weighted by Gasteiger charge is 2.16. The smallest absolute Gasteiger partial charge is 0.306 e. The van der Waals surface area contributed by atoms with Crippen molar-refractivity contribution in [1.82, 2.24) is 0 Å². The number of ether oxygens (including phenoxy) is 2. The first-order chi connectivity index (χ1) is 24.0. The van der Waals surface area contributed by atoms with Crippen LogP contribution < -0.4 is 0 Å². The van der Waals surface area contributed by atoms with Gasteiger partial charge in [0.2, 0.25) is 0 Å². The molecule has 0 aromatic carbocycles. The molecule has 0 aliphatic rings. The van der Waals surface area contributed by atoms with Crippen molar-refractivity contribution in [3.8, 4) is 0 Å². The van der Waals surface area contributed by atoms with Gasteiger partial charge in [0, 0.05) is 12.8 Å². The van der Waals surface area contributed by atoms with Crippen LogP contribution in [0.1, 0.15) is 245 Å². The first-order valence-electron chi connectivity index (χ1n) is 22.0. The Hall–Kier alpha value is -1.10. The first-order valence-corrected chi connectivity index (χ1v) is 22.0. The van der Waals surface area contributed by atoms with Gasteiger partial charge in [0.05, 0.1) is 6.61 Å². The van der Waals surface area contributed by atoms with E-state index in [1.807, 2.05) is 0 Å². The van der Waals surface area contributed by atoms with Crippen molar-refractivity contribution < 1.29 is 24.2 Å². The summed E-state index contributed by atoms with van der Waals surface area (Å²) >= 11 is 0. The SMILES string of the molecule is CCCCCCCCCCCCCCCCCCCCCC(=O)OC[C@H](CO)OC(=O)CCCCCCCCCCCCCCCC(C)C. The Kier molecular flexibility index (Phi) is 38.8. The Morgan fingerprint density at radius 2 is 0.755 bits per heavy atom. The molecule has 1 atom stereocenters. The van der Waals surface area contributed by atoms with E-state index in [0.29, 0.717) is 12.8 Å². The van der Waals surface area contributed by atoms with Crippen LogP contribution >= 0.6 is 0 Å². The monoisotopic (exact) mass is 695 g/mol. The average molecular weight is 695 g/mol. The highest BCUT2D eigenvalue weighted by molar-refractivity contribution is 5.70. The van der Waals surface area contributed by atoms with Crippen LogP contribution in [0, 0.1) is 5.92 Å². The van der Waals surface area contributed by atoms with E-state index in [1.165, 1.54) is 180 Å². The van der Waals surface area contributed by atoms with Crippen molar-refractivity contribution in [1.29, 1.82) is 0 Å². The quantitative estimate of drug-likeness (QED) is 0.0510. The second kappa shape index (κ2) is 39.7. The maximum atomic E-state index is 12.2. The molecule has 0 saturated carbocycles. The fourth-order valence-electron chi connectivity index (χ4n) is 6.74. The van der Waals surface area contributed by atoms with Crippen LogP contribution in [0.4, 0.5) is 0 Å². The molecule has 49 heavy (non-hydrogen) atoms. The van der Waals surface area contributed by atoms with Gasteiger partial charge in [-0.2, -0.15) is 0 Å². The topological polar surface area (TPSA) is 72.8 Å². The molecule has 0 unspecified atom stereocenters. The summed E-state index contributed by atoms with van der Waals surface area (Å²) in [6, 6.07) is 0. The van der Waals surface area contributed by atoms with E-state index in [-0.39, 0.29) is 25.2 Å². The lowest BCUT2D eigenvalue weighted by atomic mass is 10.0. The summed E-state index contributed by atoms with van der Waals surface area (Å²) in [5, 5.41) is 9.58. The molecule has 0 saturated heterocycles. The number of aliphatic hydroxyl groups is 1. The fraction of sp³-hybridized carbons (Fsp3) is 0.955. The Morgan fingerprint density at radius 3 is 1.08 bits per heavy atom. The minimum absolute atomic E-state index is 0.0572. The molecule has 0 aromatic rings. The van der Waals surface area contributed by atoms with Crippen LogP contribution in [0.15, 0.2) is 0 Å². The summed E-state index contributed by atoms with van der Waals surface area (Å²) in [5.41, 5.74) is 0. The van der Waals surface area contributed by atoms with Crippen molar-refractivity contribution in [2.75, 3.05) is 13.2 Å². The lowest BCUT2D eigenvalue weighted by molar-refractivity contribution is -0.161. The standard InChI is InChI=1S/C44H86O5/c1-4-5-6-7-8-9-10-11-12-13-14-15-16-19-22-25-28-31-34-37-43(46)48-40-42(39-45)49-44(47)38-35-32-29-26-23-20-17-18-21-24-27-30-33-36-41(2)3/h41-42,45H,4-40H2,1-3H3/t42-/m0/s1. The summed E-state index contributed by atoms with van der Waals surface area (Å²) in [6.07, 6.45) is 43.2. The molecule has 5 nitrogen and oxygen atoms in total. The van der Waals surface area contributed by atoms with E-state index >= 15 is 0 Å². The molecule has 0 spiro atoms. The molecule has 0 aliphatic heterocycles. The second-order valence-corrected chi connectivity index (χ2v) is 15.6. The van der Waals surface area contributed by atoms with Crippen LogP contribution in [-0.4, -0.2) is 36.4 Å². The first kappa shape index (κ1) is 47.9. The summed E-state index contributed by atoms with van der Waals surface area (Å²) in [5.74, 6) is 0.273. The van der Waals surface area contributed by atoms with E-state index in [4.69, 9.17) is 9.47 Å². The van der Waals surface area contributed by atoms with Gasteiger partial charge in [0.25, 0.3) is 0 Å². The number of hydrogen-bond donors (Lipinski definition) is 1. The van der Waals surface area contributed by atoms with Crippen molar-refractivity contribution in [3.05, 3.63) is 0 Å². The maximum absolute atomic E-state index is 12.2. The third-order valence-electron chi connectivity index (χ3n) is 10.1. The maximum Gasteiger partial charge on any atom is 0.306 e. The molecule has 5 heteroatoms. The molecular weight excluding hydrogens is 608 g/mol. The summed E-state index contributed by atoms with van der Waals surface area (Å²) in [6.45, 7) is 6.53. The van der Waals surface area contributed by atoms with Gasteiger partial charge < -0.3 is 14.6 Å². The van der Waals surface area contributed by atoms with Crippen LogP contribution in [0.2, 0.25) is 0 Å². The molecule has 0 aliphatic carbocycles. The minimum atomic E-state index is -0.762. The summed E-state index contributed by atoms with van der Waals surface area (Å²) in [4.78, 5) is 24.3. The number of carbonyl (C=O) groups is 2. The number of aliphatic hydroxyl groups excluding tert-OH is 1. The third kappa shape index (κ3) is 39.5. The van der Waals surface area contributed by atoms with E-state index < -0.39 is 6.10 Å². The Morgan fingerprint density at radius 1 is 0.449 bits per heavy atom. The lowest BCUT2D eigenvalue weighted by Crippen LogP contribution is -2.28. The predicted octanol–water partition coefficient (Wildman–Crippen LogP) is 13.8. The average Bonchev–Trinajstić information content (AvgIpc) is 3.09. The minimum Gasteiger partial charge on any atom is -0.462 e. The molecule has 0 radical (unpaired) electrons. The normalized spacial score (nSPS) is 12.1. The Balaban J connectivity index is 3.46. The Labute approximate surface area is 306 Å². The molecule has 0 amide bonds. The van der Waals surface area contributed by atoms with E-state index in [0.717, 1.165) is 38.0 Å². The highest BCUT2D eigenvalue weighted by Crippen LogP contribution is 2.17. The van der Waals surface area contributed by atoms with E-state index in [9.17, 15) is 14.7 Å². The van der Waals surface area contributed by atoms with E-state index in [2.05, 4.69) is 20.8 Å². The molecule has 292 valence electrons. The number of carbonyl (C=O) groups excluding carboxylic acids is 2. The number of esters is 2. The largest absolute Gasteiger partial charge is 0.462 e. The third-order valence-corrected chi connectivity index (χ3v) is 10.1. The van der Waals surface area contributed by atoms with E-state index in [1.54, 1.807) is 0 Å². The van der Waals surface area contributed by atoms with Crippen LogP contribution in [0.25, 0.3) is 0 Å². The second-order valence-electron chi connectivity index (χ2n) is 15.6. The van der Waals surface area contributed by atoms with Crippen LogP contribution in [0.5, 0.6) is 0 Å². The zero-order chi connectivity index (χ0) is 35.9. The van der Waals surface area contributed by atoms with Crippen molar-refractivity contribution in [2.24, 2.45) is 5.92 Å². The van der Waals surface area contributed by atoms with Gasteiger partial charge >= 0.3 is 11.9 Å². The van der Waals surface area contributed by atoms with Crippen molar-refractivity contribution in [2.45, 2.75) is 252 Å². The van der Waals surface area contributed by atoms with Gasteiger partial charge in [-0.1, -0.05) is 220 Å². The number of unbranched alkanes of at least 4 members (excludes halogenated alkanes) is 30. The van der Waals surface area contributed by atoms with Gasteiger partial charge in [0.15, 0.2) is 6.10 Å². The van der Waals surface area contributed by atoms with Gasteiger partial charge in [-0.15, -0.1) is 0 Å². The summed E-state index contributed by atoms with van der Waals surface area (Å²) in [7, 11) is 0. The molecule has 0 rings (SSSR count). The summed E-state index contributed by atoms with van der Waals surface area (Å²) < 4.78 is 10.6. The molecular formula is C44H86O5. The van der Waals surface area contributed by atoms with Gasteiger partial charge in [0.1, 0.15) is 6.61 Å². The Bertz CT molecular complexity index is 678. The molecule has 0 heterocycles. The van der Waals surface area contributed by atoms with Gasteiger partial charge in [-0.3, -0.25) is 9.59 Å². The molecule has 0 bridgehead atoms. The molecule has 0 aromatic heterocycles. The van der Waals surface area contributed by atoms with Gasteiger partial charge in [-0.05, 0) is 18.8 Å². The number of rotatable bonds is 40. The van der Waals surface area contributed by atoms with Crippen molar-refractivity contribution >= 4 is 11.9 Å². The van der Waals surface area contributed by atoms with Crippen LogP contribution in [0.3, 0.4) is 0 Å². The van der Waals surface area contributed by atoms with Gasteiger partial charge in [-0.25, -0.2) is 0 Å². The lowest BCUT2D eigenvalue weighted by Gasteiger charge is -2.15.